The van der Waals surface area contributed by atoms with Crippen LogP contribution in [0.15, 0.2) is 18.2 Å². The number of phenols is 1. The highest BCUT2D eigenvalue weighted by atomic mass is 79.9. The van der Waals surface area contributed by atoms with E-state index in [2.05, 4.69) is 15.9 Å². The van der Waals surface area contributed by atoms with Gasteiger partial charge in [0, 0.05) is 0 Å². The first-order valence-corrected chi connectivity index (χ1v) is 5.23. The average Bonchev–Trinajstić information content (AvgIpc) is 2.15. The van der Waals surface area contributed by atoms with Crippen molar-refractivity contribution in [2.24, 2.45) is 0 Å². The lowest BCUT2D eigenvalue weighted by Gasteiger charge is -2.10. The molecule has 0 saturated carbocycles. The fraction of sp³-hybridized carbons (Fsp3) is 0.300. The highest BCUT2D eigenvalue weighted by Crippen LogP contribution is 2.32. The molecule has 1 aromatic rings. The average molecular weight is 297 g/mol. The number of halogens is 4. The lowest BCUT2D eigenvalue weighted by molar-refractivity contribution is -0.137. The highest BCUT2D eigenvalue weighted by Gasteiger charge is 2.32. The maximum absolute atomic E-state index is 12.4. The molecule has 6 heteroatoms. The van der Waals surface area contributed by atoms with E-state index in [9.17, 15) is 23.1 Å². The molecule has 0 aliphatic rings. The lowest BCUT2D eigenvalue weighted by atomic mass is 10.0. The van der Waals surface area contributed by atoms with Gasteiger partial charge in [-0.1, -0.05) is 15.9 Å². The first kappa shape index (κ1) is 13.0. The molecule has 0 fully saturated rings. The van der Waals surface area contributed by atoms with Gasteiger partial charge in [0.25, 0.3) is 0 Å². The third-order valence-electron chi connectivity index (χ3n) is 1.95. The molecule has 1 aromatic carbocycles. The molecular formula is C10H8BrF3O2. The van der Waals surface area contributed by atoms with Crippen LogP contribution in [0.1, 0.15) is 22.8 Å². The molecule has 0 heterocycles. The Balaban J connectivity index is 3.25. The van der Waals surface area contributed by atoms with Gasteiger partial charge in [0.15, 0.2) is 5.78 Å². The van der Waals surface area contributed by atoms with Gasteiger partial charge >= 0.3 is 6.18 Å². The second-order valence-corrected chi connectivity index (χ2v) is 4.58. The highest BCUT2D eigenvalue weighted by molar-refractivity contribution is 9.10. The summed E-state index contributed by atoms with van der Waals surface area (Å²) < 4.78 is 37.1. The van der Waals surface area contributed by atoms with Crippen LogP contribution in [0.4, 0.5) is 13.2 Å². The van der Waals surface area contributed by atoms with Gasteiger partial charge in [-0.15, -0.1) is 0 Å². The molecule has 0 bridgehead atoms. The van der Waals surface area contributed by atoms with Crippen LogP contribution in [0, 0.1) is 0 Å². The van der Waals surface area contributed by atoms with Crippen LogP contribution in [0.25, 0.3) is 0 Å². The number of carbonyl (C=O) groups is 1. The zero-order valence-electron chi connectivity index (χ0n) is 8.18. The number of benzene rings is 1. The van der Waals surface area contributed by atoms with Crippen molar-refractivity contribution < 1.29 is 23.1 Å². The van der Waals surface area contributed by atoms with Crippen LogP contribution in [0.3, 0.4) is 0 Å². The third kappa shape index (κ3) is 2.75. The molecule has 1 N–H and O–H groups in total. The standard InChI is InChI=1S/C10H8BrF3O2/c1-5(11)9(16)7-4-6(10(12,13)14)2-3-8(7)15/h2-5,15H,1H3. The Morgan fingerprint density at radius 3 is 2.44 bits per heavy atom. The van der Waals surface area contributed by atoms with Crippen molar-refractivity contribution >= 4 is 21.7 Å². The number of aromatic hydroxyl groups is 1. The first-order valence-electron chi connectivity index (χ1n) is 4.32. The topological polar surface area (TPSA) is 37.3 Å². The van der Waals surface area contributed by atoms with E-state index in [1.807, 2.05) is 0 Å². The van der Waals surface area contributed by atoms with E-state index in [0.717, 1.165) is 12.1 Å². The van der Waals surface area contributed by atoms with Gasteiger partial charge in [-0.25, -0.2) is 0 Å². The van der Waals surface area contributed by atoms with Crippen molar-refractivity contribution in [3.05, 3.63) is 29.3 Å². The molecule has 1 unspecified atom stereocenters. The maximum Gasteiger partial charge on any atom is 0.416 e. The molecular weight excluding hydrogens is 289 g/mol. The van der Waals surface area contributed by atoms with Crippen molar-refractivity contribution in [1.82, 2.24) is 0 Å². The van der Waals surface area contributed by atoms with E-state index < -0.39 is 28.1 Å². The van der Waals surface area contributed by atoms with E-state index in [1.54, 1.807) is 0 Å². The Morgan fingerprint density at radius 1 is 1.44 bits per heavy atom. The predicted octanol–water partition coefficient (Wildman–Crippen LogP) is 3.38. The summed E-state index contributed by atoms with van der Waals surface area (Å²) in [6.45, 7) is 1.47. The number of hydrogen-bond acceptors (Lipinski definition) is 2. The van der Waals surface area contributed by atoms with Crippen molar-refractivity contribution in [3.8, 4) is 5.75 Å². The molecule has 0 saturated heterocycles. The molecule has 0 aliphatic carbocycles. The molecule has 1 atom stereocenters. The number of ketones is 1. The number of hydrogen-bond donors (Lipinski definition) is 1. The largest absolute Gasteiger partial charge is 0.507 e. The molecule has 88 valence electrons. The fourth-order valence-corrected chi connectivity index (χ4v) is 1.37. The predicted molar refractivity (Wildman–Crippen MR) is 55.8 cm³/mol. The van der Waals surface area contributed by atoms with Crippen LogP contribution in [0.2, 0.25) is 0 Å². The maximum atomic E-state index is 12.4. The van der Waals surface area contributed by atoms with Crippen LogP contribution in [-0.4, -0.2) is 15.7 Å². The van der Waals surface area contributed by atoms with E-state index in [4.69, 9.17) is 0 Å². The van der Waals surface area contributed by atoms with Gasteiger partial charge in [-0.3, -0.25) is 4.79 Å². The van der Waals surface area contributed by atoms with Crippen molar-refractivity contribution in [1.29, 1.82) is 0 Å². The van der Waals surface area contributed by atoms with Gasteiger partial charge in [0.2, 0.25) is 0 Å². The number of carbonyl (C=O) groups excluding carboxylic acids is 1. The molecule has 2 nitrogen and oxygen atoms in total. The molecule has 0 aliphatic heterocycles. The Bertz CT molecular complexity index is 413. The molecule has 16 heavy (non-hydrogen) atoms. The quantitative estimate of drug-likeness (QED) is 0.671. The Hall–Kier alpha value is -1.04. The van der Waals surface area contributed by atoms with Gasteiger partial charge in [0.1, 0.15) is 5.75 Å². The summed E-state index contributed by atoms with van der Waals surface area (Å²) in [4.78, 5) is 10.8. The minimum Gasteiger partial charge on any atom is -0.507 e. The summed E-state index contributed by atoms with van der Waals surface area (Å²) in [6, 6.07) is 2.24. The molecule has 0 amide bonds. The summed E-state index contributed by atoms with van der Waals surface area (Å²) in [5.74, 6) is -1.05. The van der Waals surface area contributed by atoms with Gasteiger partial charge in [-0.05, 0) is 25.1 Å². The minimum atomic E-state index is -4.53. The Morgan fingerprint density at radius 2 is 2.00 bits per heavy atom. The molecule has 0 radical (unpaired) electrons. The number of Topliss-reactive ketones (excluding diaryl/α,β-unsaturated/α-hetero) is 1. The fourth-order valence-electron chi connectivity index (χ4n) is 1.12. The summed E-state index contributed by atoms with van der Waals surface area (Å²) in [6.07, 6.45) is -4.53. The Kier molecular flexibility index (Phi) is 3.62. The van der Waals surface area contributed by atoms with Gasteiger partial charge in [0.05, 0.1) is 16.0 Å². The van der Waals surface area contributed by atoms with Crippen molar-refractivity contribution in [3.63, 3.8) is 0 Å². The smallest absolute Gasteiger partial charge is 0.416 e. The number of phenolic OH excluding ortho intramolecular Hbond substituents is 1. The summed E-state index contributed by atoms with van der Waals surface area (Å²) >= 11 is 2.94. The number of rotatable bonds is 2. The summed E-state index contributed by atoms with van der Waals surface area (Å²) in [5, 5.41) is 9.31. The van der Waals surface area contributed by atoms with Crippen LogP contribution >= 0.6 is 15.9 Å². The molecule has 1 rings (SSSR count). The zero-order chi connectivity index (χ0) is 12.5. The lowest BCUT2D eigenvalue weighted by Crippen LogP contribution is -2.12. The van der Waals surface area contributed by atoms with Gasteiger partial charge < -0.3 is 5.11 Å². The second kappa shape index (κ2) is 4.45. The molecule has 0 aromatic heterocycles. The zero-order valence-corrected chi connectivity index (χ0v) is 9.76. The minimum absolute atomic E-state index is 0.334. The van der Waals surface area contributed by atoms with Crippen LogP contribution < -0.4 is 0 Å². The van der Waals surface area contributed by atoms with Crippen molar-refractivity contribution in [2.45, 2.75) is 17.9 Å². The summed E-state index contributed by atoms with van der Waals surface area (Å²) in [5.41, 5.74) is -1.29. The second-order valence-electron chi connectivity index (χ2n) is 3.21. The first-order chi connectivity index (χ1) is 7.23. The van der Waals surface area contributed by atoms with E-state index in [-0.39, 0.29) is 5.56 Å². The third-order valence-corrected chi connectivity index (χ3v) is 2.37. The SMILES string of the molecule is CC(Br)C(=O)c1cc(C(F)(F)F)ccc1O. The molecule has 0 spiro atoms. The van der Waals surface area contributed by atoms with E-state index >= 15 is 0 Å². The van der Waals surface area contributed by atoms with Crippen LogP contribution in [-0.2, 0) is 6.18 Å². The van der Waals surface area contributed by atoms with Crippen molar-refractivity contribution in [2.75, 3.05) is 0 Å². The Labute approximate surface area is 98.2 Å². The van der Waals surface area contributed by atoms with Crippen LogP contribution in [0.5, 0.6) is 5.75 Å². The van der Waals surface area contributed by atoms with Gasteiger partial charge in [-0.2, -0.15) is 13.2 Å². The number of alkyl halides is 4. The summed E-state index contributed by atoms with van der Waals surface area (Å²) in [7, 11) is 0. The normalized spacial score (nSPS) is 13.6. The van der Waals surface area contributed by atoms with E-state index in [0.29, 0.717) is 6.07 Å². The monoisotopic (exact) mass is 296 g/mol. The van der Waals surface area contributed by atoms with E-state index in [1.165, 1.54) is 6.92 Å².